The molecule has 3 amide bonds. The number of carbonyl (C=O) groups is 2. The second-order valence-electron chi connectivity index (χ2n) is 8.59. The molecule has 0 bridgehead atoms. The van der Waals surface area contributed by atoms with Gasteiger partial charge in [0.15, 0.2) is 0 Å². The van der Waals surface area contributed by atoms with Gasteiger partial charge in [-0.25, -0.2) is 9.18 Å². The fourth-order valence-electron chi connectivity index (χ4n) is 4.09. The molecule has 184 valence electrons. The highest BCUT2D eigenvalue weighted by Gasteiger charge is 2.25. The summed E-state index contributed by atoms with van der Waals surface area (Å²) in [6.07, 6.45) is 1.92. The summed E-state index contributed by atoms with van der Waals surface area (Å²) >= 11 is 1.41. The van der Waals surface area contributed by atoms with Gasteiger partial charge in [0.25, 0.3) is 5.91 Å². The number of hydrogen-bond acceptors (Lipinski definition) is 5. The lowest BCUT2D eigenvalue weighted by Gasteiger charge is -2.28. The first-order chi connectivity index (χ1) is 16.9. The molecule has 1 aromatic heterocycles. The van der Waals surface area contributed by atoms with Gasteiger partial charge in [0.1, 0.15) is 5.82 Å². The van der Waals surface area contributed by atoms with Gasteiger partial charge in [-0.1, -0.05) is 18.2 Å². The van der Waals surface area contributed by atoms with Gasteiger partial charge in [-0.2, -0.15) is 0 Å². The number of hydrogen-bond donors (Lipinski definition) is 2. The van der Waals surface area contributed by atoms with Crippen molar-refractivity contribution in [3.63, 3.8) is 0 Å². The quantitative estimate of drug-likeness (QED) is 0.437. The Bertz CT molecular complexity index is 1160. The summed E-state index contributed by atoms with van der Waals surface area (Å²) in [7, 11) is 3.87. The fourth-order valence-corrected chi connectivity index (χ4v) is 4.78. The minimum atomic E-state index is -0.551. The SMILES string of the molecule is CN(C)c1ccc(NC(=O)Nc2ccccc2F)cc1CN(C[C@H]1CCCO1)C(=O)c1cccs1. The van der Waals surface area contributed by atoms with Crippen molar-refractivity contribution in [1.82, 2.24) is 4.90 Å². The lowest BCUT2D eigenvalue weighted by atomic mass is 10.1. The third kappa shape index (κ3) is 6.37. The highest BCUT2D eigenvalue weighted by Crippen LogP contribution is 2.27. The highest BCUT2D eigenvalue weighted by molar-refractivity contribution is 7.12. The van der Waals surface area contributed by atoms with Gasteiger partial charge in [0.05, 0.1) is 16.7 Å². The molecule has 1 atom stereocenters. The van der Waals surface area contributed by atoms with Crippen LogP contribution in [0.1, 0.15) is 28.1 Å². The number of halogens is 1. The van der Waals surface area contributed by atoms with Crippen LogP contribution in [0.25, 0.3) is 0 Å². The number of thiophene rings is 1. The van der Waals surface area contributed by atoms with Crippen LogP contribution < -0.4 is 15.5 Å². The smallest absolute Gasteiger partial charge is 0.323 e. The Morgan fingerprint density at radius 1 is 1.11 bits per heavy atom. The average Bonchev–Trinajstić information content (AvgIpc) is 3.54. The monoisotopic (exact) mass is 496 g/mol. The predicted molar refractivity (Wildman–Crippen MR) is 138 cm³/mol. The number of amides is 3. The third-order valence-corrected chi connectivity index (χ3v) is 6.63. The molecular weight excluding hydrogens is 467 g/mol. The molecule has 4 rings (SSSR count). The molecule has 0 unspecified atom stereocenters. The standard InChI is InChI=1S/C26H29FN4O3S/c1-30(2)23-12-11-19(28-26(33)29-22-9-4-3-8-21(22)27)15-18(23)16-31(17-20-7-5-13-34-20)25(32)24-10-6-14-35-24/h3-4,6,8-12,14-15,20H,5,7,13,16-17H2,1-2H3,(H2,28,29,33)/t20-/m1/s1. The molecule has 3 aromatic rings. The predicted octanol–water partition coefficient (Wildman–Crippen LogP) is 5.42. The summed E-state index contributed by atoms with van der Waals surface area (Å²) in [6, 6.07) is 14.7. The maximum Gasteiger partial charge on any atom is 0.323 e. The van der Waals surface area contributed by atoms with Crippen LogP contribution in [0, 0.1) is 5.82 Å². The van der Waals surface area contributed by atoms with Crippen molar-refractivity contribution in [2.75, 3.05) is 42.8 Å². The Labute approximate surface area is 208 Å². The Balaban J connectivity index is 1.55. The Morgan fingerprint density at radius 2 is 1.94 bits per heavy atom. The molecule has 0 saturated carbocycles. The third-order valence-electron chi connectivity index (χ3n) is 5.77. The number of benzene rings is 2. The molecule has 1 aliphatic rings. The number of nitrogens with zero attached hydrogens (tertiary/aromatic N) is 2. The number of rotatable bonds is 8. The van der Waals surface area contributed by atoms with Crippen molar-refractivity contribution < 1.29 is 18.7 Å². The van der Waals surface area contributed by atoms with Crippen molar-refractivity contribution >= 4 is 40.3 Å². The van der Waals surface area contributed by atoms with Crippen molar-refractivity contribution in [1.29, 1.82) is 0 Å². The maximum atomic E-state index is 13.9. The second-order valence-corrected chi connectivity index (χ2v) is 9.54. The van der Waals surface area contributed by atoms with E-state index in [2.05, 4.69) is 10.6 Å². The van der Waals surface area contributed by atoms with Crippen LogP contribution in [0.15, 0.2) is 60.0 Å². The van der Waals surface area contributed by atoms with Crippen molar-refractivity contribution in [2.45, 2.75) is 25.5 Å². The summed E-state index contributed by atoms with van der Waals surface area (Å²) in [5, 5.41) is 7.18. The Kier molecular flexibility index (Phi) is 7.99. The molecule has 1 saturated heterocycles. The minimum Gasteiger partial charge on any atom is -0.377 e. The molecule has 0 radical (unpaired) electrons. The number of para-hydroxylation sites is 1. The molecule has 1 fully saturated rings. The average molecular weight is 497 g/mol. The first-order valence-electron chi connectivity index (χ1n) is 11.5. The van der Waals surface area contributed by atoms with Crippen molar-refractivity contribution in [3.8, 4) is 0 Å². The summed E-state index contributed by atoms with van der Waals surface area (Å²) in [4.78, 5) is 30.3. The van der Waals surface area contributed by atoms with Crippen LogP contribution in [0.2, 0.25) is 0 Å². The van der Waals surface area contributed by atoms with E-state index in [4.69, 9.17) is 4.74 Å². The van der Waals surface area contributed by atoms with Crippen LogP contribution in [0.5, 0.6) is 0 Å². The number of anilines is 3. The van der Waals surface area contributed by atoms with Crippen LogP contribution >= 0.6 is 11.3 Å². The summed E-state index contributed by atoms with van der Waals surface area (Å²) in [6.45, 7) is 1.56. The molecule has 1 aliphatic heterocycles. The van der Waals surface area contributed by atoms with Crippen molar-refractivity contribution in [3.05, 3.63) is 76.2 Å². The van der Waals surface area contributed by atoms with Gasteiger partial charge in [-0.05, 0) is 60.2 Å². The second kappa shape index (κ2) is 11.3. The van der Waals surface area contributed by atoms with E-state index in [0.717, 1.165) is 24.1 Å². The molecular formula is C26H29FN4O3S. The van der Waals surface area contributed by atoms with E-state index in [1.54, 1.807) is 18.2 Å². The highest BCUT2D eigenvalue weighted by atomic mass is 32.1. The first-order valence-corrected chi connectivity index (χ1v) is 12.4. The lowest BCUT2D eigenvalue weighted by Crippen LogP contribution is -2.37. The first kappa shape index (κ1) is 24.7. The van der Waals surface area contributed by atoms with Crippen LogP contribution in [0.3, 0.4) is 0 Å². The van der Waals surface area contributed by atoms with Gasteiger partial charge in [0.2, 0.25) is 0 Å². The summed E-state index contributed by atoms with van der Waals surface area (Å²) in [5.41, 5.74) is 2.45. The molecule has 0 aliphatic carbocycles. The molecule has 9 heteroatoms. The van der Waals surface area contributed by atoms with Gasteiger partial charge in [-0.3, -0.25) is 4.79 Å². The largest absolute Gasteiger partial charge is 0.377 e. The van der Waals surface area contributed by atoms with Gasteiger partial charge in [-0.15, -0.1) is 11.3 Å². The normalized spacial score (nSPS) is 15.0. The topological polar surface area (TPSA) is 73.9 Å². The number of ether oxygens (including phenoxy) is 1. The zero-order chi connectivity index (χ0) is 24.8. The van der Waals surface area contributed by atoms with E-state index < -0.39 is 11.8 Å². The maximum absolute atomic E-state index is 13.9. The van der Waals surface area contributed by atoms with Gasteiger partial charge >= 0.3 is 6.03 Å². The van der Waals surface area contributed by atoms with E-state index in [9.17, 15) is 14.0 Å². The number of carbonyl (C=O) groups excluding carboxylic acids is 2. The van der Waals surface area contributed by atoms with Crippen LogP contribution in [0.4, 0.5) is 26.2 Å². The van der Waals surface area contributed by atoms with E-state index >= 15 is 0 Å². The zero-order valence-corrected chi connectivity index (χ0v) is 20.6. The number of urea groups is 1. The molecule has 2 heterocycles. The van der Waals surface area contributed by atoms with E-state index in [0.29, 0.717) is 30.3 Å². The van der Waals surface area contributed by atoms with E-state index in [-0.39, 0.29) is 17.7 Å². The van der Waals surface area contributed by atoms with Crippen molar-refractivity contribution in [2.24, 2.45) is 0 Å². The molecule has 0 spiro atoms. The van der Waals surface area contributed by atoms with Gasteiger partial charge in [0, 0.05) is 45.2 Å². The van der Waals surface area contributed by atoms with Crippen LogP contribution in [-0.4, -0.2) is 50.2 Å². The molecule has 35 heavy (non-hydrogen) atoms. The van der Waals surface area contributed by atoms with Crippen LogP contribution in [-0.2, 0) is 11.3 Å². The number of nitrogens with one attached hydrogen (secondary N) is 2. The Morgan fingerprint density at radius 3 is 2.63 bits per heavy atom. The summed E-state index contributed by atoms with van der Waals surface area (Å²) in [5.74, 6) is -0.556. The fraction of sp³-hybridized carbons (Fsp3) is 0.308. The van der Waals surface area contributed by atoms with Gasteiger partial charge < -0.3 is 25.2 Å². The van der Waals surface area contributed by atoms with E-state index in [1.807, 2.05) is 53.5 Å². The molecule has 2 aromatic carbocycles. The lowest BCUT2D eigenvalue weighted by molar-refractivity contribution is 0.0511. The molecule has 2 N–H and O–H groups in total. The van der Waals surface area contributed by atoms with E-state index in [1.165, 1.54) is 23.5 Å². The molecule has 7 nitrogen and oxygen atoms in total. The Hall–Kier alpha value is -3.43. The zero-order valence-electron chi connectivity index (χ0n) is 19.8. The summed E-state index contributed by atoms with van der Waals surface area (Å²) < 4.78 is 19.7. The minimum absolute atomic E-state index is 0.00886.